The normalized spacial score (nSPS) is 13.3. The highest BCUT2D eigenvalue weighted by Gasteiger charge is 2.19. The summed E-state index contributed by atoms with van der Waals surface area (Å²) in [5.74, 6) is -1.11. The molecule has 6 nitrogen and oxygen atoms in total. The van der Waals surface area contributed by atoms with Crippen molar-refractivity contribution in [3.05, 3.63) is 146 Å². The smallest absolute Gasteiger partial charge is 0.310 e. The van der Waals surface area contributed by atoms with Crippen molar-refractivity contribution in [2.24, 2.45) is 0 Å². The summed E-state index contributed by atoms with van der Waals surface area (Å²) in [4.78, 5) is 37.9. The second-order valence-electron chi connectivity index (χ2n) is 16.7. The molecular weight excluding hydrogens is 829 g/mol. The Morgan fingerprint density at radius 3 is 1.00 bits per heavy atom. The van der Waals surface area contributed by atoms with Gasteiger partial charge in [-0.05, 0) is 116 Å². The summed E-state index contributed by atoms with van der Waals surface area (Å²) >= 11 is 0. The van der Waals surface area contributed by atoms with Crippen molar-refractivity contribution in [2.45, 2.75) is 207 Å². The van der Waals surface area contributed by atoms with Crippen LogP contribution in [0.5, 0.6) is 0 Å². The van der Waals surface area contributed by atoms with Crippen molar-refractivity contribution in [1.82, 2.24) is 0 Å². The third-order valence-electron chi connectivity index (χ3n) is 10.3. The topological polar surface area (TPSA) is 78.9 Å². The summed E-state index contributed by atoms with van der Waals surface area (Å²) < 4.78 is 16.6. The van der Waals surface area contributed by atoms with Gasteiger partial charge < -0.3 is 14.2 Å². The lowest BCUT2D eigenvalue weighted by Crippen LogP contribution is -2.30. The lowest BCUT2D eigenvalue weighted by Gasteiger charge is -2.18. The molecule has 0 aliphatic rings. The largest absolute Gasteiger partial charge is 0.462 e. The van der Waals surface area contributed by atoms with E-state index in [9.17, 15) is 14.4 Å². The van der Waals surface area contributed by atoms with Gasteiger partial charge in [-0.2, -0.15) is 0 Å². The van der Waals surface area contributed by atoms with E-state index in [1.54, 1.807) is 6.08 Å². The Hall–Kier alpha value is -4.71. The summed E-state index contributed by atoms with van der Waals surface area (Å²) in [6.07, 6.45) is 77.2. The SMILES string of the molecule is CC/C=C\C/C=C\C/C=C\C/C=C\C/C=C\C/C=C\CCCCCCC(=O)OCC(COC(=O)CCCCCCC/C=C\CCCC)OC(=O)C/C=C\C/C=C\C/C=C\C/C=C\C/C=C\CC. The molecule has 1 unspecified atom stereocenters. The first-order chi connectivity index (χ1) is 33.0. The van der Waals surface area contributed by atoms with Crippen LogP contribution in [0.25, 0.3) is 0 Å². The molecule has 0 rings (SSSR count). The van der Waals surface area contributed by atoms with Crippen molar-refractivity contribution in [1.29, 1.82) is 0 Å². The van der Waals surface area contributed by atoms with Gasteiger partial charge in [-0.15, -0.1) is 0 Å². The van der Waals surface area contributed by atoms with E-state index in [-0.39, 0.29) is 31.6 Å². The maximum atomic E-state index is 12.7. The van der Waals surface area contributed by atoms with Crippen LogP contribution < -0.4 is 0 Å². The van der Waals surface area contributed by atoms with Gasteiger partial charge in [0, 0.05) is 12.8 Å². The molecule has 0 saturated heterocycles. The predicted molar refractivity (Wildman–Crippen MR) is 288 cm³/mol. The molecule has 67 heavy (non-hydrogen) atoms. The molecule has 0 saturated carbocycles. The van der Waals surface area contributed by atoms with Crippen molar-refractivity contribution < 1.29 is 28.6 Å². The van der Waals surface area contributed by atoms with E-state index < -0.39 is 12.1 Å². The van der Waals surface area contributed by atoms with Gasteiger partial charge in [-0.1, -0.05) is 212 Å². The van der Waals surface area contributed by atoms with Crippen molar-refractivity contribution in [2.75, 3.05) is 13.2 Å². The van der Waals surface area contributed by atoms with Crippen LogP contribution in [0.15, 0.2) is 146 Å². The number of carbonyl (C=O) groups is 3. The zero-order valence-corrected chi connectivity index (χ0v) is 42.6. The van der Waals surface area contributed by atoms with Gasteiger partial charge >= 0.3 is 17.9 Å². The van der Waals surface area contributed by atoms with Crippen LogP contribution in [-0.2, 0) is 28.6 Å². The van der Waals surface area contributed by atoms with Crippen LogP contribution in [0.3, 0.4) is 0 Å². The van der Waals surface area contributed by atoms with E-state index in [1.807, 2.05) is 6.08 Å². The number of carbonyl (C=O) groups excluding carboxylic acids is 3. The van der Waals surface area contributed by atoms with Crippen LogP contribution in [0.4, 0.5) is 0 Å². The Morgan fingerprint density at radius 1 is 0.328 bits per heavy atom. The minimum Gasteiger partial charge on any atom is -0.462 e. The van der Waals surface area contributed by atoms with Crippen molar-refractivity contribution >= 4 is 17.9 Å². The average molecular weight is 923 g/mol. The summed E-state index contributed by atoms with van der Waals surface area (Å²) in [5.41, 5.74) is 0. The van der Waals surface area contributed by atoms with Crippen molar-refractivity contribution in [3.8, 4) is 0 Å². The predicted octanol–water partition coefficient (Wildman–Crippen LogP) is 17.6. The first kappa shape index (κ1) is 62.3. The molecule has 0 amide bonds. The zero-order valence-electron chi connectivity index (χ0n) is 42.6. The number of hydrogen-bond donors (Lipinski definition) is 0. The standard InChI is InChI=1S/C61H94O6/c1-4-7-10-13-16-19-22-24-26-27-28-29-30-31-32-33-35-36-39-42-45-48-51-54-60(63)66-57-58(56-65-59(62)53-50-47-44-41-38-21-18-15-12-9-6-3)67-61(64)55-52-49-46-43-40-37-34-25-23-20-17-14-11-8-5-2/h7-8,10-11,15-20,24-26,28-29,31-32,34-36,40,43,49,52,58H,4-6,9,12-14,21-23,27,30,33,37-39,41-42,44-48,50-51,53-57H2,1-3H3/b10-7-,11-8-,18-15-,19-16-,20-17-,26-24-,29-28-,32-31-,34-25-,36-35-,43-40-,52-49-. The van der Waals surface area contributed by atoms with E-state index in [2.05, 4.69) is 154 Å². The molecular formula is C61H94O6. The third kappa shape index (κ3) is 52.1. The minimum absolute atomic E-state index is 0.0824. The van der Waals surface area contributed by atoms with Gasteiger partial charge in [0.1, 0.15) is 13.2 Å². The Morgan fingerprint density at radius 2 is 0.627 bits per heavy atom. The summed E-state index contributed by atoms with van der Waals surface area (Å²) in [6.45, 7) is 6.23. The second-order valence-corrected chi connectivity index (χ2v) is 16.7. The van der Waals surface area contributed by atoms with Gasteiger partial charge in [0.15, 0.2) is 6.10 Å². The van der Waals surface area contributed by atoms with Gasteiger partial charge in [-0.3, -0.25) is 14.4 Å². The highest BCUT2D eigenvalue weighted by Crippen LogP contribution is 2.11. The van der Waals surface area contributed by atoms with Gasteiger partial charge in [0.05, 0.1) is 6.42 Å². The maximum Gasteiger partial charge on any atom is 0.310 e. The molecule has 0 radical (unpaired) electrons. The Bertz CT molecular complexity index is 1530. The Kier molecular flexibility index (Phi) is 50.1. The van der Waals surface area contributed by atoms with E-state index in [0.29, 0.717) is 19.3 Å². The summed E-state index contributed by atoms with van der Waals surface area (Å²) in [7, 11) is 0. The number of ether oxygens (including phenoxy) is 3. The van der Waals surface area contributed by atoms with Gasteiger partial charge in [0.25, 0.3) is 0 Å². The van der Waals surface area contributed by atoms with Gasteiger partial charge in [-0.25, -0.2) is 0 Å². The quantitative estimate of drug-likeness (QED) is 0.0262. The highest BCUT2D eigenvalue weighted by molar-refractivity contribution is 5.72. The maximum absolute atomic E-state index is 12.7. The van der Waals surface area contributed by atoms with Crippen molar-refractivity contribution in [3.63, 3.8) is 0 Å². The molecule has 0 aromatic rings. The Labute approximate surface area is 410 Å². The molecule has 0 N–H and O–H groups in total. The van der Waals surface area contributed by atoms with Crippen LogP contribution in [-0.4, -0.2) is 37.2 Å². The molecule has 374 valence electrons. The first-order valence-electron chi connectivity index (χ1n) is 26.3. The molecule has 6 heteroatoms. The molecule has 0 aromatic heterocycles. The molecule has 0 aliphatic heterocycles. The number of allylic oxidation sites excluding steroid dienone is 23. The monoisotopic (exact) mass is 923 g/mol. The highest BCUT2D eigenvalue weighted by atomic mass is 16.6. The van der Waals surface area contributed by atoms with Crippen LogP contribution >= 0.6 is 0 Å². The first-order valence-corrected chi connectivity index (χ1v) is 26.3. The van der Waals surface area contributed by atoms with Crippen LogP contribution in [0, 0.1) is 0 Å². The second kappa shape index (κ2) is 53.9. The number of rotatable bonds is 45. The molecule has 0 spiro atoms. The number of hydrogen-bond acceptors (Lipinski definition) is 6. The fourth-order valence-electron chi connectivity index (χ4n) is 6.44. The Balaban J connectivity index is 4.52. The number of unbranched alkanes of at least 4 members (excludes halogenated alkanes) is 11. The molecule has 0 bridgehead atoms. The molecule has 0 fully saturated rings. The van der Waals surface area contributed by atoms with E-state index in [1.165, 1.54) is 25.7 Å². The van der Waals surface area contributed by atoms with Gasteiger partial charge in [0.2, 0.25) is 0 Å². The third-order valence-corrected chi connectivity index (χ3v) is 10.3. The lowest BCUT2D eigenvalue weighted by atomic mass is 10.1. The molecule has 0 heterocycles. The molecule has 1 atom stereocenters. The fraction of sp³-hybridized carbons (Fsp3) is 0.557. The van der Waals surface area contributed by atoms with E-state index in [4.69, 9.17) is 14.2 Å². The van der Waals surface area contributed by atoms with E-state index in [0.717, 1.165) is 128 Å². The minimum atomic E-state index is -0.852. The van der Waals surface area contributed by atoms with Crippen LogP contribution in [0.2, 0.25) is 0 Å². The summed E-state index contributed by atoms with van der Waals surface area (Å²) in [5, 5.41) is 0. The lowest BCUT2D eigenvalue weighted by molar-refractivity contribution is -0.166. The average Bonchev–Trinajstić information content (AvgIpc) is 3.33. The zero-order chi connectivity index (χ0) is 48.6. The van der Waals surface area contributed by atoms with E-state index >= 15 is 0 Å². The van der Waals surface area contributed by atoms with Crippen LogP contribution in [0.1, 0.15) is 201 Å². The number of esters is 3. The molecule has 0 aliphatic carbocycles. The summed E-state index contributed by atoms with van der Waals surface area (Å²) in [6, 6.07) is 0. The fourth-order valence-corrected chi connectivity index (χ4v) is 6.44. The molecule has 0 aromatic carbocycles.